The summed E-state index contributed by atoms with van der Waals surface area (Å²) in [6, 6.07) is 0.629. The summed E-state index contributed by atoms with van der Waals surface area (Å²) in [6.07, 6.45) is 7.12. The summed E-state index contributed by atoms with van der Waals surface area (Å²) >= 11 is 0. The molecule has 0 radical (unpaired) electrons. The molecule has 3 fully saturated rings. The van der Waals surface area contributed by atoms with Crippen LogP contribution in [0.5, 0.6) is 0 Å². The minimum absolute atomic E-state index is 0.223. The molecule has 1 saturated carbocycles. The van der Waals surface area contributed by atoms with Gasteiger partial charge in [0, 0.05) is 49.9 Å². The van der Waals surface area contributed by atoms with Crippen molar-refractivity contribution >= 4 is 5.91 Å². The van der Waals surface area contributed by atoms with Crippen LogP contribution < -0.4 is 5.32 Å². The van der Waals surface area contributed by atoms with Gasteiger partial charge >= 0.3 is 0 Å². The fourth-order valence-corrected chi connectivity index (χ4v) is 3.88. The first-order valence-corrected chi connectivity index (χ1v) is 8.31. The topological polar surface area (TPSA) is 59.4 Å². The highest BCUT2D eigenvalue weighted by Crippen LogP contribution is 2.32. The maximum atomic E-state index is 12.3. The molecule has 1 aliphatic carbocycles. The van der Waals surface area contributed by atoms with E-state index in [1.165, 1.54) is 6.42 Å². The number of nitrogens with zero attached hydrogens (tertiary/aromatic N) is 3. The first kappa shape index (κ1) is 14.2. The molecular formula is C16H24N4O2. The summed E-state index contributed by atoms with van der Waals surface area (Å²) in [6.45, 7) is 3.26. The Morgan fingerprint density at radius 3 is 3.00 bits per heavy atom. The zero-order valence-corrected chi connectivity index (χ0v) is 13.1. The second-order valence-corrected chi connectivity index (χ2v) is 6.90. The molecule has 120 valence electrons. The van der Waals surface area contributed by atoms with Crippen LogP contribution in [0.25, 0.3) is 0 Å². The number of aromatic nitrogens is 2. The summed E-state index contributed by atoms with van der Waals surface area (Å²) < 4.78 is 7.74. The van der Waals surface area contributed by atoms with E-state index in [4.69, 9.17) is 4.74 Å². The molecule has 0 aromatic carbocycles. The van der Waals surface area contributed by atoms with Crippen LogP contribution >= 0.6 is 0 Å². The normalized spacial score (nSPS) is 32.0. The number of hydrogen-bond donors (Lipinski definition) is 1. The zero-order valence-electron chi connectivity index (χ0n) is 13.1. The predicted molar refractivity (Wildman–Crippen MR) is 81.0 cm³/mol. The molecule has 2 aliphatic heterocycles. The van der Waals surface area contributed by atoms with Gasteiger partial charge in [-0.25, -0.2) is 4.98 Å². The molecule has 0 spiro atoms. The molecule has 1 aromatic rings. The van der Waals surface area contributed by atoms with Crippen molar-refractivity contribution in [2.45, 2.75) is 37.9 Å². The molecular weight excluding hydrogens is 280 g/mol. The molecule has 1 aromatic heterocycles. The van der Waals surface area contributed by atoms with E-state index in [-0.39, 0.29) is 17.9 Å². The molecule has 0 bridgehead atoms. The zero-order chi connectivity index (χ0) is 15.1. The van der Waals surface area contributed by atoms with Crippen LogP contribution in [-0.4, -0.2) is 52.2 Å². The van der Waals surface area contributed by atoms with Gasteiger partial charge in [0.05, 0.1) is 19.8 Å². The molecule has 4 rings (SSSR count). The fraction of sp³-hybridized carbons (Fsp3) is 0.750. The smallest absolute Gasteiger partial charge is 0.223 e. The lowest BCUT2D eigenvalue weighted by Gasteiger charge is -2.27. The van der Waals surface area contributed by atoms with Crippen molar-refractivity contribution in [3.05, 3.63) is 18.2 Å². The molecule has 1 amide bonds. The van der Waals surface area contributed by atoms with Crippen LogP contribution in [0, 0.1) is 11.8 Å². The molecule has 1 N–H and O–H groups in total. The Morgan fingerprint density at radius 2 is 2.32 bits per heavy atom. The third-order valence-corrected chi connectivity index (χ3v) is 5.58. The van der Waals surface area contributed by atoms with Crippen LogP contribution in [0.3, 0.4) is 0 Å². The maximum absolute atomic E-state index is 12.3. The van der Waals surface area contributed by atoms with Crippen LogP contribution in [0.1, 0.15) is 25.1 Å². The number of rotatable bonds is 4. The average Bonchev–Trinajstić information content (AvgIpc) is 3.09. The maximum Gasteiger partial charge on any atom is 0.223 e. The van der Waals surface area contributed by atoms with Crippen LogP contribution in [0.4, 0.5) is 0 Å². The van der Waals surface area contributed by atoms with Crippen LogP contribution in [0.15, 0.2) is 12.4 Å². The molecule has 0 unspecified atom stereocenters. The van der Waals surface area contributed by atoms with Crippen molar-refractivity contribution in [1.82, 2.24) is 19.8 Å². The number of amides is 1. The number of imidazole rings is 1. The van der Waals surface area contributed by atoms with E-state index >= 15 is 0 Å². The summed E-state index contributed by atoms with van der Waals surface area (Å²) in [5, 5.41) is 3.29. The Balaban J connectivity index is 1.43. The second kappa shape index (κ2) is 5.66. The third kappa shape index (κ3) is 2.44. The Kier molecular flexibility index (Phi) is 3.66. The van der Waals surface area contributed by atoms with Crippen molar-refractivity contribution in [2.75, 3.05) is 19.8 Å². The van der Waals surface area contributed by atoms with Gasteiger partial charge in [-0.2, -0.15) is 0 Å². The highest BCUT2D eigenvalue weighted by Gasteiger charge is 2.46. The summed E-state index contributed by atoms with van der Waals surface area (Å²) in [7, 11) is 2.02. The van der Waals surface area contributed by atoms with Crippen molar-refractivity contribution in [1.29, 1.82) is 0 Å². The Morgan fingerprint density at radius 1 is 1.45 bits per heavy atom. The second-order valence-electron chi connectivity index (χ2n) is 6.90. The van der Waals surface area contributed by atoms with Gasteiger partial charge in [-0.05, 0) is 12.8 Å². The highest BCUT2D eigenvalue weighted by atomic mass is 16.5. The van der Waals surface area contributed by atoms with Gasteiger partial charge in [0.1, 0.15) is 5.82 Å². The SMILES string of the molecule is Cn1ccnc1CN1C[C@@H](NC(=O)C2CCC2)[C@H]2COC[C@H]21. The first-order chi connectivity index (χ1) is 10.7. The molecule has 2 saturated heterocycles. The predicted octanol–water partition coefficient (Wildman–Crippen LogP) is 0.536. The van der Waals surface area contributed by atoms with Gasteiger partial charge in [0.15, 0.2) is 0 Å². The Hall–Kier alpha value is -1.40. The summed E-state index contributed by atoms with van der Waals surface area (Å²) in [5.74, 6) is 1.99. The largest absolute Gasteiger partial charge is 0.379 e. The van der Waals surface area contributed by atoms with Gasteiger partial charge in [-0.15, -0.1) is 0 Å². The van der Waals surface area contributed by atoms with E-state index in [0.29, 0.717) is 12.0 Å². The number of ether oxygens (including phenoxy) is 1. The Bertz CT molecular complexity index is 554. The number of carbonyl (C=O) groups excluding carboxylic acids is 1. The molecule has 6 nitrogen and oxygen atoms in total. The molecule has 22 heavy (non-hydrogen) atoms. The van der Waals surface area contributed by atoms with E-state index in [1.54, 1.807) is 0 Å². The summed E-state index contributed by atoms with van der Waals surface area (Å²) in [5.41, 5.74) is 0. The van der Waals surface area contributed by atoms with Crippen molar-refractivity contribution in [2.24, 2.45) is 18.9 Å². The minimum Gasteiger partial charge on any atom is -0.379 e. The van der Waals surface area contributed by atoms with Crippen LogP contribution in [0.2, 0.25) is 0 Å². The van der Waals surface area contributed by atoms with E-state index in [0.717, 1.165) is 45.0 Å². The van der Waals surface area contributed by atoms with Gasteiger partial charge in [-0.1, -0.05) is 6.42 Å². The number of carbonyl (C=O) groups is 1. The van der Waals surface area contributed by atoms with E-state index in [1.807, 2.05) is 19.4 Å². The molecule has 3 aliphatic rings. The molecule has 3 atom stereocenters. The monoisotopic (exact) mass is 304 g/mol. The van der Waals surface area contributed by atoms with Crippen molar-refractivity contribution in [3.63, 3.8) is 0 Å². The molecule has 3 heterocycles. The summed E-state index contributed by atoms with van der Waals surface area (Å²) in [4.78, 5) is 19.1. The van der Waals surface area contributed by atoms with Gasteiger partial charge in [-0.3, -0.25) is 9.69 Å². The van der Waals surface area contributed by atoms with E-state index < -0.39 is 0 Å². The van der Waals surface area contributed by atoms with E-state index in [2.05, 4.69) is 19.8 Å². The van der Waals surface area contributed by atoms with Gasteiger partial charge < -0.3 is 14.6 Å². The number of nitrogens with one attached hydrogen (secondary N) is 1. The number of likely N-dealkylation sites (tertiary alicyclic amines) is 1. The van der Waals surface area contributed by atoms with Crippen LogP contribution in [-0.2, 0) is 23.1 Å². The lowest BCUT2D eigenvalue weighted by atomic mass is 9.84. The lowest BCUT2D eigenvalue weighted by molar-refractivity contribution is -0.128. The third-order valence-electron chi connectivity index (χ3n) is 5.58. The van der Waals surface area contributed by atoms with Gasteiger partial charge in [0.25, 0.3) is 0 Å². The quantitative estimate of drug-likeness (QED) is 0.882. The fourth-order valence-electron chi connectivity index (χ4n) is 3.88. The van der Waals surface area contributed by atoms with E-state index in [9.17, 15) is 4.79 Å². The number of fused-ring (bicyclic) bond motifs is 1. The van der Waals surface area contributed by atoms with Gasteiger partial charge in [0.2, 0.25) is 5.91 Å². The molecule has 6 heteroatoms. The van der Waals surface area contributed by atoms with Crippen molar-refractivity contribution in [3.8, 4) is 0 Å². The number of aryl methyl sites for hydroxylation is 1. The number of hydrogen-bond acceptors (Lipinski definition) is 4. The Labute approximate surface area is 130 Å². The average molecular weight is 304 g/mol. The first-order valence-electron chi connectivity index (χ1n) is 8.31. The lowest BCUT2D eigenvalue weighted by Crippen LogP contribution is -2.45. The van der Waals surface area contributed by atoms with Crippen molar-refractivity contribution < 1.29 is 9.53 Å². The standard InChI is InChI=1S/C16H24N4O2/c1-19-6-5-17-15(19)8-20-7-13(12-9-22-10-14(12)20)18-16(21)11-3-2-4-11/h5-6,11-14H,2-4,7-10H2,1H3,(H,18,21)/t12-,13-,14-/m1/s1. The highest BCUT2D eigenvalue weighted by molar-refractivity contribution is 5.79. The minimum atomic E-state index is 0.223.